The van der Waals surface area contributed by atoms with Crippen LogP contribution in [0.15, 0.2) is 29.6 Å². The largest absolute Gasteiger partial charge is 0.480 e. The van der Waals surface area contributed by atoms with Crippen molar-refractivity contribution in [1.29, 1.82) is 0 Å². The van der Waals surface area contributed by atoms with Gasteiger partial charge in [-0.15, -0.1) is 11.3 Å². The minimum absolute atomic E-state index is 0.0875. The van der Waals surface area contributed by atoms with Crippen molar-refractivity contribution in [2.75, 3.05) is 0 Å². The molecule has 1 aromatic carbocycles. The van der Waals surface area contributed by atoms with E-state index in [1.165, 1.54) is 16.9 Å². The molecular weight excluding hydrogens is 324 g/mol. The molecule has 1 aromatic heterocycles. The highest BCUT2D eigenvalue weighted by Gasteiger charge is 2.21. The van der Waals surface area contributed by atoms with E-state index in [1.54, 1.807) is 0 Å². The highest BCUT2D eigenvalue weighted by Crippen LogP contribution is 2.24. The maximum Gasteiger partial charge on any atom is 0.326 e. The molecule has 1 heterocycles. The Labute approximate surface area is 145 Å². The highest BCUT2D eigenvalue weighted by molar-refractivity contribution is 7.13. The summed E-state index contributed by atoms with van der Waals surface area (Å²) in [4.78, 5) is 27.8. The first kappa shape index (κ1) is 18.1. The Morgan fingerprint density at radius 1 is 1.25 bits per heavy atom. The standard InChI is InChI=1S/C18H22N2O3S/c1-11(2)8-15(18(22)23)20-16(21)9-14-10-24-17(19-14)13-6-4-12(3)5-7-13/h4-7,10-11,15H,8-9H2,1-3H3,(H,20,21)(H,22,23)/t15-/m1/s1. The molecule has 2 rings (SSSR count). The van der Waals surface area contributed by atoms with Gasteiger partial charge in [-0.3, -0.25) is 4.79 Å². The van der Waals surface area contributed by atoms with E-state index in [9.17, 15) is 14.7 Å². The number of carbonyl (C=O) groups is 2. The zero-order valence-corrected chi connectivity index (χ0v) is 14.9. The average molecular weight is 346 g/mol. The third-order valence-corrected chi connectivity index (χ3v) is 4.47. The van der Waals surface area contributed by atoms with Crippen LogP contribution in [0.5, 0.6) is 0 Å². The van der Waals surface area contributed by atoms with Crippen LogP contribution in [0.3, 0.4) is 0 Å². The molecule has 5 nitrogen and oxygen atoms in total. The van der Waals surface area contributed by atoms with Gasteiger partial charge in [0.2, 0.25) is 5.91 Å². The molecule has 1 atom stereocenters. The molecule has 0 radical (unpaired) electrons. The smallest absolute Gasteiger partial charge is 0.326 e. The molecule has 0 saturated carbocycles. The zero-order chi connectivity index (χ0) is 17.7. The molecule has 24 heavy (non-hydrogen) atoms. The number of aryl methyl sites for hydroxylation is 1. The van der Waals surface area contributed by atoms with Crippen LogP contribution in [0, 0.1) is 12.8 Å². The molecule has 2 N–H and O–H groups in total. The van der Waals surface area contributed by atoms with Crippen LogP contribution < -0.4 is 5.32 Å². The SMILES string of the molecule is Cc1ccc(-c2nc(CC(=O)N[C@H](CC(C)C)C(=O)O)cs2)cc1. The van der Waals surface area contributed by atoms with Crippen molar-refractivity contribution >= 4 is 23.2 Å². The molecule has 0 saturated heterocycles. The molecule has 0 bridgehead atoms. The molecule has 6 heteroatoms. The van der Waals surface area contributed by atoms with Gasteiger partial charge in [0.25, 0.3) is 0 Å². The summed E-state index contributed by atoms with van der Waals surface area (Å²) in [6.45, 7) is 5.88. The number of carboxylic acid groups (broad SMARTS) is 1. The second kappa shape index (κ2) is 8.06. The molecule has 0 aliphatic heterocycles. The molecule has 0 aliphatic carbocycles. The van der Waals surface area contributed by atoms with Gasteiger partial charge in [0, 0.05) is 10.9 Å². The van der Waals surface area contributed by atoms with Crippen molar-refractivity contribution in [3.05, 3.63) is 40.9 Å². The van der Waals surface area contributed by atoms with Crippen molar-refractivity contribution in [2.24, 2.45) is 5.92 Å². The van der Waals surface area contributed by atoms with Crippen molar-refractivity contribution < 1.29 is 14.7 Å². The number of hydrogen-bond donors (Lipinski definition) is 2. The van der Waals surface area contributed by atoms with Crippen molar-refractivity contribution in [1.82, 2.24) is 10.3 Å². The zero-order valence-electron chi connectivity index (χ0n) is 14.1. The van der Waals surface area contributed by atoms with Gasteiger partial charge in [0.05, 0.1) is 12.1 Å². The summed E-state index contributed by atoms with van der Waals surface area (Å²) in [5, 5.41) is 14.5. The fourth-order valence-corrected chi connectivity index (χ4v) is 3.15. The average Bonchev–Trinajstić information content (AvgIpc) is 2.95. The van der Waals surface area contributed by atoms with E-state index in [0.717, 1.165) is 10.6 Å². The Balaban J connectivity index is 1.99. The van der Waals surface area contributed by atoms with Crippen LogP contribution in [0.4, 0.5) is 0 Å². The summed E-state index contributed by atoms with van der Waals surface area (Å²) < 4.78 is 0. The van der Waals surface area contributed by atoms with Crippen LogP contribution in [0.1, 0.15) is 31.5 Å². The molecule has 128 valence electrons. The Hall–Kier alpha value is -2.21. The number of amides is 1. The maximum atomic E-state index is 12.1. The predicted molar refractivity (Wildman–Crippen MR) is 95.0 cm³/mol. The Bertz CT molecular complexity index is 707. The minimum atomic E-state index is -1.00. The van der Waals surface area contributed by atoms with Crippen LogP contribution in [-0.4, -0.2) is 28.0 Å². The summed E-state index contributed by atoms with van der Waals surface area (Å²) in [6.07, 6.45) is 0.497. The number of hydrogen-bond acceptors (Lipinski definition) is 4. The maximum absolute atomic E-state index is 12.1. The topological polar surface area (TPSA) is 79.3 Å². The normalized spacial score (nSPS) is 12.2. The van der Waals surface area contributed by atoms with Crippen molar-refractivity contribution in [3.8, 4) is 10.6 Å². The molecule has 2 aromatic rings. The quantitative estimate of drug-likeness (QED) is 0.806. The summed E-state index contributed by atoms with van der Waals surface area (Å²) in [6, 6.07) is 7.19. The van der Waals surface area contributed by atoms with Gasteiger partial charge in [-0.2, -0.15) is 0 Å². The molecule has 0 aliphatic rings. The van der Waals surface area contributed by atoms with Gasteiger partial charge in [-0.05, 0) is 19.3 Å². The van der Waals surface area contributed by atoms with Gasteiger partial charge in [0.1, 0.15) is 11.0 Å². The van der Waals surface area contributed by atoms with E-state index >= 15 is 0 Å². The lowest BCUT2D eigenvalue weighted by atomic mass is 10.0. The van der Waals surface area contributed by atoms with Crippen LogP contribution in [0.25, 0.3) is 10.6 Å². The molecule has 1 amide bonds. The lowest BCUT2D eigenvalue weighted by molar-refractivity contribution is -0.142. The fourth-order valence-electron chi connectivity index (χ4n) is 2.32. The van der Waals surface area contributed by atoms with Crippen LogP contribution >= 0.6 is 11.3 Å². The third kappa shape index (κ3) is 5.16. The lowest BCUT2D eigenvalue weighted by Crippen LogP contribution is -2.42. The number of rotatable bonds is 7. The number of nitrogens with zero attached hydrogens (tertiary/aromatic N) is 1. The van der Waals surface area contributed by atoms with E-state index in [4.69, 9.17) is 0 Å². The second-order valence-corrected chi connectivity index (χ2v) is 7.13. The predicted octanol–water partition coefficient (Wildman–Crippen LogP) is 3.28. The van der Waals surface area contributed by atoms with Crippen LogP contribution in [0.2, 0.25) is 0 Å². The Morgan fingerprint density at radius 3 is 2.50 bits per heavy atom. The highest BCUT2D eigenvalue weighted by atomic mass is 32.1. The lowest BCUT2D eigenvalue weighted by Gasteiger charge is -2.16. The summed E-state index contributed by atoms with van der Waals surface area (Å²) >= 11 is 1.48. The first-order chi connectivity index (χ1) is 11.3. The first-order valence-corrected chi connectivity index (χ1v) is 8.76. The van der Waals surface area contributed by atoms with Gasteiger partial charge in [0.15, 0.2) is 0 Å². The van der Waals surface area contributed by atoms with Gasteiger partial charge in [-0.25, -0.2) is 9.78 Å². The Kier molecular flexibility index (Phi) is 6.09. The number of nitrogens with one attached hydrogen (secondary N) is 1. The second-order valence-electron chi connectivity index (χ2n) is 6.27. The molecule has 0 unspecified atom stereocenters. The van der Waals surface area contributed by atoms with E-state index in [1.807, 2.05) is 50.4 Å². The summed E-state index contributed by atoms with van der Waals surface area (Å²) in [5.74, 6) is -1.13. The Morgan fingerprint density at radius 2 is 1.92 bits per heavy atom. The number of carboxylic acids is 1. The summed E-state index contributed by atoms with van der Waals surface area (Å²) in [7, 11) is 0. The molecule has 0 spiro atoms. The number of thiazole rings is 1. The van der Waals surface area contributed by atoms with Gasteiger partial charge < -0.3 is 10.4 Å². The molecular formula is C18H22N2O3S. The monoisotopic (exact) mass is 346 g/mol. The number of aliphatic carboxylic acids is 1. The van der Waals surface area contributed by atoms with Gasteiger partial charge in [-0.1, -0.05) is 43.7 Å². The minimum Gasteiger partial charge on any atom is -0.480 e. The number of benzene rings is 1. The van der Waals surface area contributed by atoms with Crippen molar-refractivity contribution in [2.45, 2.75) is 39.7 Å². The van der Waals surface area contributed by atoms with Crippen LogP contribution in [-0.2, 0) is 16.0 Å². The first-order valence-electron chi connectivity index (χ1n) is 7.88. The van der Waals surface area contributed by atoms with E-state index in [0.29, 0.717) is 12.1 Å². The van der Waals surface area contributed by atoms with E-state index in [-0.39, 0.29) is 18.2 Å². The van der Waals surface area contributed by atoms with E-state index in [2.05, 4.69) is 10.3 Å². The summed E-state index contributed by atoms with van der Waals surface area (Å²) in [5.41, 5.74) is 2.85. The number of aromatic nitrogens is 1. The van der Waals surface area contributed by atoms with Crippen molar-refractivity contribution in [3.63, 3.8) is 0 Å². The third-order valence-electron chi connectivity index (χ3n) is 3.53. The van der Waals surface area contributed by atoms with E-state index < -0.39 is 12.0 Å². The fraction of sp³-hybridized carbons (Fsp3) is 0.389. The van der Waals surface area contributed by atoms with Gasteiger partial charge >= 0.3 is 5.97 Å². The molecule has 0 fully saturated rings. The number of carbonyl (C=O) groups excluding carboxylic acids is 1.